The molecule has 0 amide bonds. The Labute approximate surface area is 135 Å². The molecule has 1 aromatic carbocycles. The molecule has 2 N–H and O–H groups in total. The van der Waals surface area contributed by atoms with Gasteiger partial charge in [0, 0.05) is 37.7 Å². The van der Waals surface area contributed by atoms with Crippen LogP contribution in [0.1, 0.15) is 18.4 Å². The Morgan fingerprint density at radius 2 is 1.77 bits per heavy atom. The maximum Gasteiger partial charge on any atom is 0.228 e. The summed E-state index contributed by atoms with van der Waals surface area (Å²) in [4.78, 5) is 10.6. The molecule has 1 aromatic heterocycles. The van der Waals surface area contributed by atoms with Gasteiger partial charge in [0.15, 0.2) is 5.11 Å². The van der Waals surface area contributed by atoms with Crippen molar-refractivity contribution in [3.8, 4) is 0 Å². The largest absolute Gasteiger partial charge is 0.372 e. The van der Waals surface area contributed by atoms with Crippen molar-refractivity contribution in [1.82, 2.24) is 15.3 Å². The van der Waals surface area contributed by atoms with Crippen LogP contribution in [0.5, 0.6) is 0 Å². The molecule has 0 saturated carbocycles. The Morgan fingerprint density at radius 1 is 1.09 bits per heavy atom. The van der Waals surface area contributed by atoms with Crippen LogP contribution in [0.4, 0.5) is 11.6 Å². The number of rotatable bonds is 4. The van der Waals surface area contributed by atoms with Crippen molar-refractivity contribution in [1.29, 1.82) is 0 Å². The molecular formula is C16H19N5S. The van der Waals surface area contributed by atoms with Crippen molar-refractivity contribution in [3.63, 3.8) is 0 Å². The SMILES string of the molecule is S=C(NCc1ccc(N2CCCC2)cc1)Nc1ncccn1. The Kier molecular flexibility index (Phi) is 4.80. The van der Waals surface area contributed by atoms with E-state index in [2.05, 4.69) is 49.8 Å². The van der Waals surface area contributed by atoms with Gasteiger partial charge in [-0.3, -0.25) is 0 Å². The smallest absolute Gasteiger partial charge is 0.228 e. The van der Waals surface area contributed by atoms with Crippen molar-refractivity contribution in [2.45, 2.75) is 19.4 Å². The number of nitrogens with zero attached hydrogens (tertiary/aromatic N) is 3. The fourth-order valence-electron chi connectivity index (χ4n) is 2.49. The third-order valence-corrected chi connectivity index (χ3v) is 3.90. The number of thiocarbonyl (C=S) groups is 1. The summed E-state index contributed by atoms with van der Waals surface area (Å²) >= 11 is 5.24. The van der Waals surface area contributed by atoms with E-state index in [4.69, 9.17) is 12.2 Å². The van der Waals surface area contributed by atoms with Crippen LogP contribution in [0.15, 0.2) is 42.7 Å². The van der Waals surface area contributed by atoms with Gasteiger partial charge in [-0.1, -0.05) is 12.1 Å². The van der Waals surface area contributed by atoms with E-state index >= 15 is 0 Å². The zero-order valence-electron chi connectivity index (χ0n) is 12.3. The fourth-order valence-corrected chi connectivity index (χ4v) is 2.66. The lowest BCUT2D eigenvalue weighted by molar-refractivity contribution is 0.918. The first-order valence-electron chi connectivity index (χ1n) is 7.47. The van der Waals surface area contributed by atoms with E-state index in [0.29, 0.717) is 17.6 Å². The lowest BCUT2D eigenvalue weighted by atomic mass is 10.2. The van der Waals surface area contributed by atoms with Crippen molar-refractivity contribution in [2.24, 2.45) is 0 Å². The molecule has 1 aliphatic heterocycles. The minimum atomic E-state index is 0.504. The average Bonchev–Trinajstić information content (AvgIpc) is 3.09. The molecule has 0 spiro atoms. The Morgan fingerprint density at radius 3 is 2.45 bits per heavy atom. The van der Waals surface area contributed by atoms with E-state index in [1.54, 1.807) is 18.5 Å². The molecule has 1 fully saturated rings. The zero-order chi connectivity index (χ0) is 15.2. The molecular weight excluding hydrogens is 294 g/mol. The van der Waals surface area contributed by atoms with Crippen LogP contribution >= 0.6 is 12.2 Å². The van der Waals surface area contributed by atoms with Gasteiger partial charge in [0.25, 0.3) is 0 Å². The maximum absolute atomic E-state index is 5.24. The second-order valence-electron chi connectivity index (χ2n) is 5.24. The van der Waals surface area contributed by atoms with Crippen LogP contribution in [0.25, 0.3) is 0 Å². The number of hydrogen-bond acceptors (Lipinski definition) is 4. The van der Waals surface area contributed by atoms with Crippen molar-refractivity contribution in [2.75, 3.05) is 23.3 Å². The highest BCUT2D eigenvalue weighted by atomic mass is 32.1. The van der Waals surface area contributed by atoms with Crippen LogP contribution in [0, 0.1) is 0 Å². The molecule has 1 aliphatic rings. The Hall–Kier alpha value is -2.21. The van der Waals surface area contributed by atoms with E-state index in [9.17, 15) is 0 Å². The molecule has 5 nitrogen and oxygen atoms in total. The number of hydrogen-bond donors (Lipinski definition) is 2. The predicted molar refractivity (Wildman–Crippen MR) is 93.0 cm³/mol. The van der Waals surface area contributed by atoms with Crippen LogP contribution in [0.3, 0.4) is 0 Å². The minimum absolute atomic E-state index is 0.504. The van der Waals surface area contributed by atoms with E-state index in [0.717, 1.165) is 0 Å². The van der Waals surface area contributed by atoms with Crippen LogP contribution < -0.4 is 15.5 Å². The second-order valence-corrected chi connectivity index (χ2v) is 5.65. The first-order chi connectivity index (χ1) is 10.8. The molecule has 0 bridgehead atoms. The molecule has 2 heterocycles. The molecule has 114 valence electrons. The molecule has 2 aromatic rings. The Balaban J connectivity index is 1.49. The molecule has 0 atom stereocenters. The summed E-state index contributed by atoms with van der Waals surface area (Å²) in [6, 6.07) is 10.4. The van der Waals surface area contributed by atoms with Gasteiger partial charge >= 0.3 is 0 Å². The quantitative estimate of drug-likeness (QED) is 0.846. The van der Waals surface area contributed by atoms with Crippen molar-refractivity contribution in [3.05, 3.63) is 48.3 Å². The van der Waals surface area contributed by atoms with E-state index < -0.39 is 0 Å². The summed E-state index contributed by atoms with van der Waals surface area (Å²) < 4.78 is 0. The normalized spacial score (nSPS) is 13.9. The minimum Gasteiger partial charge on any atom is -0.372 e. The number of aromatic nitrogens is 2. The van der Waals surface area contributed by atoms with Crippen molar-refractivity contribution >= 4 is 29.0 Å². The number of anilines is 2. The summed E-state index contributed by atoms with van der Waals surface area (Å²) in [5.41, 5.74) is 2.50. The van der Waals surface area contributed by atoms with Gasteiger partial charge in [0.2, 0.25) is 5.95 Å². The molecule has 22 heavy (non-hydrogen) atoms. The summed E-state index contributed by atoms with van der Waals surface area (Å²) in [6.45, 7) is 3.02. The van der Waals surface area contributed by atoms with Gasteiger partial charge in [-0.2, -0.15) is 0 Å². The fraction of sp³-hybridized carbons (Fsp3) is 0.312. The standard InChI is InChI=1S/C16H19N5S/c22-16(20-15-17-8-3-9-18-15)19-12-13-4-6-14(7-5-13)21-10-1-2-11-21/h3-9H,1-2,10-12H2,(H2,17,18,19,20,22). The van der Waals surface area contributed by atoms with Crippen LogP contribution in [-0.4, -0.2) is 28.2 Å². The van der Waals surface area contributed by atoms with Gasteiger partial charge < -0.3 is 15.5 Å². The van der Waals surface area contributed by atoms with Gasteiger partial charge in [-0.15, -0.1) is 0 Å². The first-order valence-corrected chi connectivity index (χ1v) is 7.88. The summed E-state index contributed by atoms with van der Waals surface area (Å²) in [6.07, 6.45) is 5.94. The second kappa shape index (κ2) is 7.17. The van der Waals surface area contributed by atoms with E-state index in [1.165, 1.54) is 37.2 Å². The molecule has 0 radical (unpaired) electrons. The molecule has 3 rings (SSSR count). The van der Waals surface area contributed by atoms with Crippen LogP contribution in [-0.2, 0) is 6.54 Å². The third-order valence-electron chi connectivity index (χ3n) is 3.65. The number of nitrogens with one attached hydrogen (secondary N) is 2. The van der Waals surface area contributed by atoms with Crippen LogP contribution in [0.2, 0.25) is 0 Å². The van der Waals surface area contributed by atoms with E-state index in [-0.39, 0.29) is 0 Å². The molecule has 1 saturated heterocycles. The highest BCUT2D eigenvalue weighted by molar-refractivity contribution is 7.80. The lowest BCUT2D eigenvalue weighted by Gasteiger charge is -2.18. The molecule has 6 heteroatoms. The summed E-state index contributed by atoms with van der Waals surface area (Å²) in [5, 5.41) is 6.64. The average molecular weight is 313 g/mol. The predicted octanol–water partition coefficient (Wildman–Crippen LogP) is 2.56. The van der Waals surface area contributed by atoms with Gasteiger partial charge in [-0.05, 0) is 48.8 Å². The summed E-state index contributed by atoms with van der Waals surface area (Å²) in [7, 11) is 0. The molecule has 0 aliphatic carbocycles. The van der Waals surface area contributed by atoms with Gasteiger partial charge in [0.1, 0.15) is 0 Å². The van der Waals surface area contributed by atoms with E-state index in [1.807, 2.05) is 0 Å². The maximum atomic E-state index is 5.24. The third kappa shape index (κ3) is 3.92. The monoisotopic (exact) mass is 313 g/mol. The van der Waals surface area contributed by atoms with Gasteiger partial charge in [0.05, 0.1) is 0 Å². The lowest BCUT2D eigenvalue weighted by Crippen LogP contribution is -2.28. The highest BCUT2D eigenvalue weighted by Gasteiger charge is 2.11. The highest BCUT2D eigenvalue weighted by Crippen LogP contribution is 2.20. The summed E-state index contributed by atoms with van der Waals surface area (Å²) in [5.74, 6) is 0.504. The zero-order valence-corrected chi connectivity index (χ0v) is 13.1. The Bertz CT molecular complexity index is 608. The first kappa shape index (κ1) is 14.7. The molecule has 0 unspecified atom stereocenters. The number of benzene rings is 1. The topological polar surface area (TPSA) is 53.1 Å². The van der Waals surface area contributed by atoms with Crippen molar-refractivity contribution < 1.29 is 0 Å². The van der Waals surface area contributed by atoms with Gasteiger partial charge in [-0.25, -0.2) is 9.97 Å².